The summed E-state index contributed by atoms with van der Waals surface area (Å²) in [4.78, 5) is 26.9. The quantitative estimate of drug-likeness (QED) is 0.542. The summed E-state index contributed by atoms with van der Waals surface area (Å²) < 4.78 is 0.714. The predicted octanol–water partition coefficient (Wildman–Crippen LogP) is 4.75. The monoisotopic (exact) mass is 453 g/mol. The number of carbonyl (C=O) groups excluding carboxylic acids is 2. The van der Waals surface area contributed by atoms with E-state index in [1.807, 2.05) is 43.3 Å². The van der Waals surface area contributed by atoms with E-state index in [9.17, 15) is 9.59 Å². The number of benzene rings is 2. The Labute approximate surface area is 189 Å². The van der Waals surface area contributed by atoms with Gasteiger partial charge in [-0.25, -0.2) is 0 Å². The Balaban J connectivity index is 1.44. The first-order valence-electron chi connectivity index (χ1n) is 9.93. The summed E-state index contributed by atoms with van der Waals surface area (Å²) in [6.45, 7) is 6.02. The van der Waals surface area contributed by atoms with Gasteiger partial charge in [0.05, 0.1) is 17.1 Å². The molecule has 2 amide bonds. The zero-order valence-corrected chi connectivity index (χ0v) is 19.1. The molecule has 2 aromatic carbocycles. The van der Waals surface area contributed by atoms with Crippen LogP contribution in [0.3, 0.4) is 0 Å². The van der Waals surface area contributed by atoms with Crippen molar-refractivity contribution in [1.82, 2.24) is 10.2 Å². The molecular formula is C22H23N5O2S2. The first-order valence-corrected chi connectivity index (χ1v) is 11.7. The molecule has 0 spiro atoms. The number of amides is 2. The number of anilines is 4. The van der Waals surface area contributed by atoms with E-state index in [2.05, 4.69) is 40.7 Å². The summed E-state index contributed by atoms with van der Waals surface area (Å²) in [6, 6.07) is 13.2. The number of carbonyl (C=O) groups is 2. The second-order valence-corrected chi connectivity index (χ2v) is 9.62. The number of para-hydroxylation sites is 2. The molecule has 0 fully saturated rings. The van der Waals surface area contributed by atoms with Gasteiger partial charge in [-0.15, -0.1) is 10.2 Å². The van der Waals surface area contributed by atoms with Crippen LogP contribution >= 0.6 is 23.1 Å². The molecule has 1 unspecified atom stereocenters. The van der Waals surface area contributed by atoms with Gasteiger partial charge < -0.3 is 15.5 Å². The van der Waals surface area contributed by atoms with E-state index in [-0.39, 0.29) is 30.0 Å². The second kappa shape index (κ2) is 9.07. The van der Waals surface area contributed by atoms with Gasteiger partial charge >= 0.3 is 0 Å². The fourth-order valence-corrected chi connectivity index (χ4v) is 5.10. The van der Waals surface area contributed by atoms with Gasteiger partial charge in [0.2, 0.25) is 16.9 Å². The number of rotatable bonds is 5. The van der Waals surface area contributed by atoms with Gasteiger partial charge in [-0.3, -0.25) is 9.59 Å². The molecule has 2 heterocycles. The summed E-state index contributed by atoms with van der Waals surface area (Å²) in [5.41, 5.74) is 4.75. The van der Waals surface area contributed by atoms with Gasteiger partial charge in [0.25, 0.3) is 0 Å². The lowest BCUT2D eigenvalue weighted by molar-refractivity contribution is -0.117. The fourth-order valence-electron chi connectivity index (χ4n) is 3.48. The Morgan fingerprint density at radius 3 is 2.87 bits per heavy atom. The van der Waals surface area contributed by atoms with Gasteiger partial charge in [-0.1, -0.05) is 47.4 Å². The maximum absolute atomic E-state index is 13.1. The van der Waals surface area contributed by atoms with E-state index >= 15 is 0 Å². The molecule has 1 aliphatic heterocycles. The van der Waals surface area contributed by atoms with Crippen LogP contribution in [-0.2, 0) is 9.59 Å². The molecule has 1 aromatic heterocycles. The molecule has 7 nitrogen and oxygen atoms in total. The van der Waals surface area contributed by atoms with Crippen molar-refractivity contribution >= 4 is 57.1 Å². The minimum absolute atomic E-state index is 0.0688. The minimum Gasteiger partial charge on any atom is -0.330 e. The lowest BCUT2D eigenvalue weighted by Gasteiger charge is -2.27. The first kappa shape index (κ1) is 21.3. The zero-order valence-electron chi connectivity index (χ0n) is 17.5. The van der Waals surface area contributed by atoms with E-state index in [1.54, 1.807) is 4.90 Å². The molecule has 31 heavy (non-hydrogen) atoms. The summed E-state index contributed by atoms with van der Waals surface area (Å²) in [7, 11) is 0. The van der Waals surface area contributed by atoms with E-state index < -0.39 is 0 Å². The third kappa shape index (κ3) is 4.72. The van der Waals surface area contributed by atoms with E-state index in [0.717, 1.165) is 11.4 Å². The molecule has 1 atom stereocenters. The molecule has 0 bridgehead atoms. The average Bonchev–Trinajstić information content (AvgIpc) is 3.13. The lowest BCUT2D eigenvalue weighted by Crippen LogP contribution is -2.40. The highest BCUT2D eigenvalue weighted by Gasteiger charge is 2.29. The van der Waals surface area contributed by atoms with Crippen molar-refractivity contribution in [3.05, 3.63) is 53.6 Å². The number of hydrogen-bond donors (Lipinski definition) is 2. The minimum atomic E-state index is -0.229. The van der Waals surface area contributed by atoms with Gasteiger partial charge in [0.15, 0.2) is 4.34 Å². The smallest absolute Gasteiger partial charge is 0.237 e. The Morgan fingerprint density at radius 2 is 2.03 bits per heavy atom. The van der Waals surface area contributed by atoms with Crippen molar-refractivity contribution < 1.29 is 9.59 Å². The first-order chi connectivity index (χ1) is 14.9. The van der Waals surface area contributed by atoms with Crippen molar-refractivity contribution in [3.63, 3.8) is 0 Å². The van der Waals surface area contributed by atoms with Crippen LogP contribution in [0.4, 0.5) is 22.2 Å². The average molecular weight is 454 g/mol. The Bertz CT molecular complexity index is 1130. The van der Waals surface area contributed by atoms with Crippen LogP contribution in [0.2, 0.25) is 0 Å². The summed E-state index contributed by atoms with van der Waals surface area (Å²) in [5, 5.41) is 15.3. The molecule has 160 valence electrons. The van der Waals surface area contributed by atoms with Crippen molar-refractivity contribution in [3.8, 4) is 0 Å². The Hall–Kier alpha value is -2.91. The Kier molecular flexibility index (Phi) is 6.24. The fraction of sp³-hybridized carbons (Fsp3) is 0.273. The standard InChI is InChI=1S/C22H23N5O2S2/c1-13-7-6-9-16(15(13)3)24-21-25-26-22(31-21)30-12-20(29)27-14(2)11-19(28)23-17-8-4-5-10-18(17)27/h4-10,14H,11-12H2,1-3H3,(H,23,28)(H,24,25). The van der Waals surface area contributed by atoms with Gasteiger partial charge in [0.1, 0.15) is 0 Å². The van der Waals surface area contributed by atoms with Gasteiger partial charge in [-0.2, -0.15) is 0 Å². The zero-order chi connectivity index (χ0) is 22.0. The molecule has 9 heteroatoms. The van der Waals surface area contributed by atoms with Crippen LogP contribution in [0.5, 0.6) is 0 Å². The van der Waals surface area contributed by atoms with Crippen LogP contribution in [0, 0.1) is 13.8 Å². The van der Waals surface area contributed by atoms with Crippen LogP contribution in [0.25, 0.3) is 0 Å². The SMILES string of the molecule is Cc1cccc(Nc2nnc(SCC(=O)N3c4ccccc4NC(=O)CC3C)s2)c1C. The lowest BCUT2D eigenvalue weighted by atomic mass is 10.1. The normalized spacial score (nSPS) is 15.8. The number of fused-ring (bicyclic) bond motifs is 1. The van der Waals surface area contributed by atoms with E-state index in [1.165, 1.54) is 34.2 Å². The highest BCUT2D eigenvalue weighted by atomic mass is 32.2. The maximum atomic E-state index is 13.1. The molecule has 0 radical (unpaired) electrons. The molecular weight excluding hydrogens is 430 g/mol. The summed E-state index contributed by atoms with van der Waals surface area (Å²) in [6.07, 6.45) is 0.258. The van der Waals surface area contributed by atoms with Crippen LogP contribution in [0.15, 0.2) is 46.8 Å². The van der Waals surface area contributed by atoms with Crippen molar-refractivity contribution in [2.75, 3.05) is 21.3 Å². The topological polar surface area (TPSA) is 87.2 Å². The highest BCUT2D eigenvalue weighted by molar-refractivity contribution is 8.01. The number of thioether (sulfide) groups is 1. The van der Waals surface area contributed by atoms with Crippen molar-refractivity contribution in [2.45, 2.75) is 37.6 Å². The predicted molar refractivity (Wildman–Crippen MR) is 126 cm³/mol. The largest absolute Gasteiger partial charge is 0.330 e. The summed E-state index contributed by atoms with van der Waals surface area (Å²) in [5.74, 6) is 0.0557. The number of hydrogen-bond acceptors (Lipinski definition) is 7. The van der Waals surface area contributed by atoms with E-state index in [4.69, 9.17) is 0 Å². The van der Waals surface area contributed by atoms with E-state index in [0.29, 0.717) is 15.2 Å². The molecule has 2 N–H and O–H groups in total. The molecule has 0 saturated carbocycles. The summed E-state index contributed by atoms with van der Waals surface area (Å²) >= 11 is 2.77. The van der Waals surface area contributed by atoms with Crippen molar-refractivity contribution in [1.29, 1.82) is 0 Å². The maximum Gasteiger partial charge on any atom is 0.237 e. The highest BCUT2D eigenvalue weighted by Crippen LogP contribution is 2.33. The van der Waals surface area contributed by atoms with Crippen molar-refractivity contribution in [2.24, 2.45) is 0 Å². The van der Waals surface area contributed by atoms with Gasteiger partial charge in [0, 0.05) is 18.2 Å². The molecule has 4 rings (SSSR count). The Morgan fingerprint density at radius 1 is 1.23 bits per heavy atom. The third-order valence-corrected chi connectivity index (χ3v) is 7.16. The second-order valence-electron chi connectivity index (χ2n) is 7.42. The number of aryl methyl sites for hydroxylation is 1. The molecule has 0 aliphatic carbocycles. The number of aromatic nitrogens is 2. The third-order valence-electron chi connectivity index (χ3n) is 5.20. The molecule has 3 aromatic rings. The van der Waals surface area contributed by atoms with Crippen LogP contribution in [-0.4, -0.2) is 33.8 Å². The molecule has 0 saturated heterocycles. The van der Waals surface area contributed by atoms with Crippen LogP contribution < -0.4 is 15.5 Å². The van der Waals surface area contributed by atoms with Gasteiger partial charge in [-0.05, 0) is 50.1 Å². The number of nitrogens with zero attached hydrogens (tertiary/aromatic N) is 3. The molecule has 1 aliphatic rings. The number of nitrogens with one attached hydrogen (secondary N) is 2. The van der Waals surface area contributed by atoms with Crippen LogP contribution in [0.1, 0.15) is 24.5 Å².